The molecule has 2 unspecified atom stereocenters. The minimum Gasteiger partial charge on any atom is -0.465 e. The Labute approximate surface area is 130 Å². The highest BCUT2D eigenvalue weighted by Gasteiger charge is 2.25. The Hall–Kier alpha value is -0.800. The molecule has 120 valence electrons. The summed E-state index contributed by atoms with van der Waals surface area (Å²) in [5.74, 6) is 2.95. The van der Waals surface area contributed by atoms with E-state index < -0.39 is 0 Å². The summed E-state index contributed by atoms with van der Waals surface area (Å²) in [4.78, 5) is 2.56. The molecule has 3 nitrogen and oxygen atoms in total. The lowest BCUT2D eigenvalue weighted by Gasteiger charge is -2.37. The van der Waals surface area contributed by atoms with Crippen molar-refractivity contribution in [3.05, 3.63) is 23.2 Å². The molecule has 1 aromatic rings. The molecule has 0 spiro atoms. The predicted molar refractivity (Wildman–Crippen MR) is 88.3 cm³/mol. The Bertz CT molecular complexity index is 458. The van der Waals surface area contributed by atoms with Gasteiger partial charge in [0.2, 0.25) is 0 Å². The fourth-order valence-corrected chi connectivity index (χ4v) is 3.05. The maximum atomic E-state index is 5.98. The van der Waals surface area contributed by atoms with Gasteiger partial charge in [-0.05, 0) is 66.0 Å². The largest absolute Gasteiger partial charge is 0.465 e. The van der Waals surface area contributed by atoms with Gasteiger partial charge in [0.25, 0.3) is 0 Å². The van der Waals surface area contributed by atoms with Crippen LogP contribution in [0.4, 0.5) is 0 Å². The van der Waals surface area contributed by atoms with Crippen molar-refractivity contribution in [2.75, 3.05) is 6.54 Å². The summed E-state index contributed by atoms with van der Waals surface area (Å²) >= 11 is 0. The first-order valence-corrected chi connectivity index (χ1v) is 8.33. The molecule has 1 aromatic heterocycles. The predicted octanol–water partition coefficient (Wildman–Crippen LogP) is 4.10. The number of rotatable bonds is 4. The molecule has 0 bridgehead atoms. The van der Waals surface area contributed by atoms with Gasteiger partial charge in [0.05, 0.1) is 6.54 Å². The molecule has 0 aromatic carbocycles. The highest BCUT2D eigenvalue weighted by atomic mass is 16.3. The summed E-state index contributed by atoms with van der Waals surface area (Å²) in [6.07, 6.45) is 2.67. The molecule has 3 heteroatoms. The summed E-state index contributed by atoms with van der Waals surface area (Å²) < 4.78 is 5.98. The van der Waals surface area contributed by atoms with Crippen LogP contribution >= 0.6 is 0 Å². The SMILES string of the molecule is Cc1oc(CN2CCCC(C)C2C)cc1CNC(C)(C)C. The van der Waals surface area contributed by atoms with Crippen molar-refractivity contribution in [2.24, 2.45) is 5.92 Å². The second kappa shape index (κ2) is 6.53. The first-order valence-electron chi connectivity index (χ1n) is 8.33. The van der Waals surface area contributed by atoms with Gasteiger partial charge < -0.3 is 9.73 Å². The van der Waals surface area contributed by atoms with E-state index in [0.29, 0.717) is 6.04 Å². The maximum absolute atomic E-state index is 5.98. The van der Waals surface area contributed by atoms with Crippen LogP contribution in [0.1, 0.15) is 64.5 Å². The molecular weight excluding hydrogens is 260 g/mol. The molecule has 2 rings (SSSR count). The number of hydrogen-bond acceptors (Lipinski definition) is 3. The Kier molecular flexibility index (Phi) is 5.15. The van der Waals surface area contributed by atoms with Gasteiger partial charge >= 0.3 is 0 Å². The van der Waals surface area contributed by atoms with Crippen LogP contribution in [-0.4, -0.2) is 23.0 Å². The zero-order valence-electron chi connectivity index (χ0n) is 14.6. The van der Waals surface area contributed by atoms with Crippen LogP contribution < -0.4 is 5.32 Å². The van der Waals surface area contributed by atoms with Crippen molar-refractivity contribution in [1.29, 1.82) is 0 Å². The Morgan fingerprint density at radius 3 is 2.71 bits per heavy atom. The van der Waals surface area contributed by atoms with Crippen molar-refractivity contribution in [3.8, 4) is 0 Å². The van der Waals surface area contributed by atoms with E-state index in [1.807, 2.05) is 0 Å². The first-order chi connectivity index (χ1) is 9.76. The van der Waals surface area contributed by atoms with E-state index in [4.69, 9.17) is 4.42 Å². The van der Waals surface area contributed by atoms with Crippen LogP contribution in [0.2, 0.25) is 0 Å². The Morgan fingerprint density at radius 1 is 1.33 bits per heavy atom. The van der Waals surface area contributed by atoms with Gasteiger partial charge in [-0.3, -0.25) is 4.90 Å². The first kappa shape index (κ1) is 16.6. The van der Waals surface area contributed by atoms with E-state index in [0.717, 1.165) is 30.5 Å². The number of furan rings is 1. The van der Waals surface area contributed by atoms with Gasteiger partial charge in [-0.15, -0.1) is 0 Å². The molecule has 0 aliphatic carbocycles. The lowest BCUT2D eigenvalue weighted by molar-refractivity contribution is 0.0983. The summed E-state index contributed by atoms with van der Waals surface area (Å²) in [6.45, 7) is 16.4. The van der Waals surface area contributed by atoms with Gasteiger partial charge in [0.15, 0.2) is 0 Å². The molecule has 2 atom stereocenters. The zero-order chi connectivity index (χ0) is 15.6. The second-order valence-electron chi connectivity index (χ2n) is 7.73. The minimum atomic E-state index is 0.140. The third-order valence-electron chi connectivity index (χ3n) is 4.74. The van der Waals surface area contributed by atoms with E-state index in [9.17, 15) is 0 Å². The third-order valence-corrected chi connectivity index (χ3v) is 4.74. The van der Waals surface area contributed by atoms with Crippen molar-refractivity contribution in [2.45, 2.75) is 79.1 Å². The highest BCUT2D eigenvalue weighted by molar-refractivity contribution is 5.21. The molecule has 0 radical (unpaired) electrons. The standard InChI is InChI=1S/C18H32N2O/c1-13-8-7-9-20(14(13)2)12-17-10-16(15(3)21-17)11-19-18(4,5)6/h10,13-14,19H,7-9,11-12H2,1-6H3. The topological polar surface area (TPSA) is 28.4 Å². The van der Waals surface area contributed by atoms with Crippen molar-refractivity contribution < 1.29 is 4.42 Å². The second-order valence-corrected chi connectivity index (χ2v) is 7.73. The number of nitrogens with zero attached hydrogens (tertiary/aromatic N) is 1. The van der Waals surface area contributed by atoms with Gasteiger partial charge in [-0.25, -0.2) is 0 Å². The summed E-state index contributed by atoms with van der Waals surface area (Å²) in [6, 6.07) is 2.89. The average molecular weight is 292 g/mol. The monoisotopic (exact) mass is 292 g/mol. The number of aryl methyl sites for hydroxylation is 1. The fraction of sp³-hybridized carbons (Fsp3) is 0.778. The molecule has 0 amide bonds. The van der Waals surface area contributed by atoms with Gasteiger partial charge in [0, 0.05) is 23.7 Å². The third kappa shape index (κ3) is 4.58. The van der Waals surface area contributed by atoms with Crippen LogP contribution in [0, 0.1) is 12.8 Å². The molecule has 1 fully saturated rings. The zero-order valence-corrected chi connectivity index (χ0v) is 14.6. The fourth-order valence-electron chi connectivity index (χ4n) is 3.05. The van der Waals surface area contributed by atoms with E-state index in [1.165, 1.54) is 24.9 Å². The number of hydrogen-bond donors (Lipinski definition) is 1. The number of likely N-dealkylation sites (tertiary alicyclic amines) is 1. The number of nitrogens with one attached hydrogen (secondary N) is 1. The summed E-state index contributed by atoms with van der Waals surface area (Å²) in [7, 11) is 0. The molecule has 1 saturated heterocycles. The van der Waals surface area contributed by atoms with E-state index >= 15 is 0 Å². The van der Waals surface area contributed by atoms with Crippen LogP contribution in [-0.2, 0) is 13.1 Å². The van der Waals surface area contributed by atoms with Crippen LogP contribution in [0.25, 0.3) is 0 Å². The highest BCUT2D eigenvalue weighted by Crippen LogP contribution is 2.26. The van der Waals surface area contributed by atoms with Crippen LogP contribution in [0.5, 0.6) is 0 Å². The van der Waals surface area contributed by atoms with Crippen LogP contribution in [0.15, 0.2) is 10.5 Å². The maximum Gasteiger partial charge on any atom is 0.118 e. The number of piperidine rings is 1. The van der Waals surface area contributed by atoms with E-state index in [-0.39, 0.29) is 5.54 Å². The lowest BCUT2D eigenvalue weighted by Crippen LogP contribution is -2.41. The molecule has 1 aliphatic heterocycles. The van der Waals surface area contributed by atoms with Crippen molar-refractivity contribution in [3.63, 3.8) is 0 Å². The smallest absolute Gasteiger partial charge is 0.118 e. The Balaban J connectivity index is 1.98. The van der Waals surface area contributed by atoms with Gasteiger partial charge in [0.1, 0.15) is 11.5 Å². The quantitative estimate of drug-likeness (QED) is 0.906. The lowest BCUT2D eigenvalue weighted by atomic mass is 9.92. The van der Waals surface area contributed by atoms with Gasteiger partial charge in [-0.1, -0.05) is 6.92 Å². The van der Waals surface area contributed by atoms with Crippen molar-refractivity contribution in [1.82, 2.24) is 10.2 Å². The van der Waals surface area contributed by atoms with Crippen molar-refractivity contribution >= 4 is 0 Å². The average Bonchev–Trinajstić information content (AvgIpc) is 2.72. The van der Waals surface area contributed by atoms with E-state index in [1.54, 1.807) is 0 Å². The van der Waals surface area contributed by atoms with Crippen LogP contribution in [0.3, 0.4) is 0 Å². The summed E-state index contributed by atoms with van der Waals surface area (Å²) in [5.41, 5.74) is 1.43. The molecule has 1 aliphatic rings. The molecule has 21 heavy (non-hydrogen) atoms. The minimum absolute atomic E-state index is 0.140. The van der Waals surface area contributed by atoms with E-state index in [2.05, 4.69) is 57.8 Å². The molecule has 2 heterocycles. The molecule has 0 saturated carbocycles. The molecule has 1 N–H and O–H groups in total. The Morgan fingerprint density at radius 2 is 2.05 bits per heavy atom. The normalized spacial score (nSPS) is 24.5. The van der Waals surface area contributed by atoms with Gasteiger partial charge in [-0.2, -0.15) is 0 Å². The summed E-state index contributed by atoms with van der Waals surface area (Å²) in [5, 5.41) is 3.54. The molecular formula is C18H32N2O.